The molecule has 0 bridgehead atoms. The monoisotopic (exact) mass is 205 g/mol. The Hall–Kier alpha value is 0.210. The zero-order chi connectivity index (χ0) is 9.52. The Morgan fingerprint density at radius 3 is 2.85 bits per heavy atom. The lowest BCUT2D eigenvalue weighted by Gasteiger charge is -2.34. The van der Waals surface area contributed by atoms with Crippen LogP contribution in [0.3, 0.4) is 0 Å². The number of likely N-dealkylation sites (tertiary alicyclic amines) is 1. The Bertz CT molecular complexity index is 132. The molecule has 78 valence electrons. The molecule has 3 heteroatoms. The second kappa shape index (κ2) is 6.63. The summed E-state index contributed by atoms with van der Waals surface area (Å²) in [7, 11) is 0. The number of nitrogens with zero attached hydrogens (tertiary/aromatic N) is 1. The Morgan fingerprint density at radius 1 is 1.31 bits per heavy atom. The maximum Gasteiger partial charge on any atom is 0.0586 e. The number of hydrogen-bond donors (Lipinski definition) is 1. The van der Waals surface area contributed by atoms with Crippen LogP contribution >= 0.6 is 11.6 Å². The van der Waals surface area contributed by atoms with E-state index in [1.807, 2.05) is 0 Å². The number of alkyl halides is 1. The summed E-state index contributed by atoms with van der Waals surface area (Å²) in [5, 5.41) is 9.15. The minimum Gasteiger partial charge on any atom is -0.395 e. The first-order valence-electron chi connectivity index (χ1n) is 5.29. The molecule has 0 spiro atoms. The highest BCUT2D eigenvalue weighted by Gasteiger charge is 2.20. The van der Waals surface area contributed by atoms with Gasteiger partial charge in [0.2, 0.25) is 0 Å². The summed E-state index contributed by atoms with van der Waals surface area (Å²) >= 11 is 5.62. The van der Waals surface area contributed by atoms with Gasteiger partial charge in [-0.25, -0.2) is 0 Å². The first-order valence-corrected chi connectivity index (χ1v) is 5.83. The molecule has 0 amide bonds. The van der Waals surface area contributed by atoms with Crippen molar-refractivity contribution in [1.29, 1.82) is 0 Å². The molecular formula is C10H20ClNO. The third-order valence-corrected chi connectivity index (χ3v) is 3.06. The van der Waals surface area contributed by atoms with Gasteiger partial charge < -0.3 is 5.11 Å². The normalized spacial score (nSPS) is 24.9. The van der Waals surface area contributed by atoms with Crippen molar-refractivity contribution in [3.63, 3.8) is 0 Å². The fourth-order valence-electron chi connectivity index (χ4n) is 1.97. The van der Waals surface area contributed by atoms with Crippen molar-refractivity contribution in [1.82, 2.24) is 4.90 Å². The summed E-state index contributed by atoms with van der Waals surface area (Å²) < 4.78 is 0. The van der Waals surface area contributed by atoms with Gasteiger partial charge >= 0.3 is 0 Å². The minimum atomic E-state index is 0.320. The van der Waals surface area contributed by atoms with Gasteiger partial charge in [-0.05, 0) is 38.8 Å². The van der Waals surface area contributed by atoms with Crippen LogP contribution in [0.5, 0.6) is 0 Å². The van der Waals surface area contributed by atoms with E-state index in [4.69, 9.17) is 16.7 Å². The highest BCUT2D eigenvalue weighted by molar-refractivity contribution is 6.17. The number of aliphatic hydroxyl groups excluding tert-OH is 1. The third kappa shape index (κ3) is 3.84. The summed E-state index contributed by atoms with van der Waals surface area (Å²) in [6.45, 7) is 2.59. The van der Waals surface area contributed by atoms with Gasteiger partial charge in [0, 0.05) is 11.9 Å². The van der Waals surface area contributed by atoms with Crippen LogP contribution < -0.4 is 0 Å². The maximum atomic E-state index is 9.15. The minimum absolute atomic E-state index is 0.320. The van der Waals surface area contributed by atoms with E-state index in [-0.39, 0.29) is 0 Å². The SMILES string of the molecule is OCC1CCCCN1CCCCCl. The molecule has 0 aromatic rings. The summed E-state index contributed by atoms with van der Waals surface area (Å²) in [6.07, 6.45) is 5.99. The number of hydrogen-bond acceptors (Lipinski definition) is 2. The topological polar surface area (TPSA) is 23.5 Å². The van der Waals surface area contributed by atoms with E-state index >= 15 is 0 Å². The molecule has 13 heavy (non-hydrogen) atoms. The number of unbranched alkanes of at least 4 members (excludes halogenated alkanes) is 1. The van der Waals surface area contributed by atoms with Gasteiger partial charge in [0.25, 0.3) is 0 Å². The first-order chi connectivity index (χ1) is 6.38. The molecule has 1 rings (SSSR count). The van der Waals surface area contributed by atoms with Crippen LogP contribution in [0.25, 0.3) is 0 Å². The summed E-state index contributed by atoms with van der Waals surface area (Å²) in [5.74, 6) is 0.762. The Kier molecular flexibility index (Phi) is 5.76. The number of piperidine rings is 1. The van der Waals surface area contributed by atoms with Crippen LogP contribution in [0.1, 0.15) is 32.1 Å². The standard InChI is InChI=1S/C10H20ClNO/c11-6-2-4-8-12-7-3-1-5-10(12)9-13/h10,13H,1-9H2. The lowest BCUT2D eigenvalue weighted by atomic mass is 10.0. The Labute approximate surface area is 85.9 Å². The van der Waals surface area contributed by atoms with Gasteiger partial charge in [0.1, 0.15) is 0 Å². The molecule has 0 radical (unpaired) electrons. The van der Waals surface area contributed by atoms with Crippen molar-refractivity contribution in [3.8, 4) is 0 Å². The smallest absolute Gasteiger partial charge is 0.0586 e. The number of rotatable bonds is 5. The summed E-state index contributed by atoms with van der Waals surface area (Å²) in [6, 6.07) is 0.420. The van der Waals surface area contributed by atoms with Crippen molar-refractivity contribution in [3.05, 3.63) is 0 Å². The van der Waals surface area contributed by atoms with Gasteiger partial charge in [-0.2, -0.15) is 0 Å². The van der Waals surface area contributed by atoms with E-state index in [0.29, 0.717) is 12.6 Å². The van der Waals surface area contributed by atoms with Crippen molar-refractivity contribution < 1.29 is 5.11 Å². The van der Waals surface area contributed by atoms with Gasteiger partial charge in [0.05, 0.1) is 6.61 Å². The van der Waals surface area contributed by atoms with Crippen LogP contribution in [0.15, 0.2) is 0 Å². The highest BCUT2D eigenvalue weighted by Crippen LogP contribution is 2.16. The molecule has 1 aliphatic heterocycles. The van der Waals surface area contributed by atoms with E-state index in [9.17, 15) is 0 Å². The van der Waals surface area contributed by atoms with Gasteiger partial charge in [-0.15, -0.1) is 11.6 Å². The average Bonchev–Trinajstić information content (AvgIpc) is 2.19. The molecule has 1 fully saturated rings. The summed E-state index contributed by atoms with van der Waals surface area (Å²) in [4.78, 5) is 2.41. The van der Waals surface area contributed by atoms with Crippen LogP contribution in [-0.2, 0) is 0 Å². The molecule has 0 saturated carbocycles. The molecular weight excluding hydrogens is 186 g/mol. The fourth-order valence-corrected chi connectivity index (χ4v) is 2.16. The molecule has 0 aromatic carbocycles. The lowest BCUT2D eigenvalue weighted by Crippen LogP contribution is -2.42. The Morgan fingerprint density at radius 2 is 2.15 bits per heavy atom. The molecule has 0 aliphatic carbocycles. The van der Waals surface area contributed by atoms with Crippen molar-refractivity contribution in [2.75, 3.05) is 25.6 Å². The molecule has 2 nitrogen and oxygen atoms in total. The highest BCUT2D eigenvalue weighted by atomic mass is 35.5. The number of halogens is 1. The van der Waals surface area contributed by atoms with Gasteiger partial charge in [-0.1, -0.05) is 6.42 Å². The maximum absolute atomic E-state index is 9.15. The largest absolute Gasteiger partial charge is 0.395 e. The van der Waals surface area contributed by atoms with Crippen LogP contribution in [0.2, 0.25) is 0 Å². The lowest BCUT2D eigenvalue weighted by molar-refractivity contribution is 0.0891. The van der Waals surface area contributed by atoms with Crippen molar-refractivity contribution in [2.24, 2.45) is 0 Å². The van der Waals surface area contributed by atoms with E-state index in [0.717, 1.165) is 31.8 Å². The predicted molar refractivity (Wildman–Crippen MR) is 56.3 cm³/mol. The molecule has 1 N–H and O–H groups in total. The third-order valence-electron chi connectivity index (χ3n) is 2.79. The molecule has 1 saturated heterocycles. The first kappa shape index (κ1) is 11.3. The van der Waals surface area contributed by atoms with E-state index < -0.39 is 0 Å². The molecule has 0 aromatic heterocycles. The van der Waals surface area contributed by atoms with E-state index in [1.54, 1.807) is 0 Å². The van der Waals surface area contributed by atoms with Crippen LogP contribution in [0.4, 0.5) is 0 Å². The Balaban J connectivity index is 2.19. The van der Waals surface area contributed by atoms with E-state index in [2.05, 4.69) is 4.90 Å². The predicted octanol–water partition coefficient (Wildman–Crippen LogP) is 1.85. The quantitative estimate of drug-likeness (QED) is 0.547. The van der Waals surface area contributed by atoms with Gasteiger partial charge in [0.15, 0.2) is 0 Å². The van der Waals surface area contributed by atoms with Gasteiger partial charge in [-0.3, -0.25) is 4.90 Å². The zero-order valence-corrected chi connectivity index (χ0v) is 8.97. The molecule has 1 unspecified atom stereocenters. The average molecular weight is 206 g/mol. The fraction of sp³-hybridized carbons (Fsp3) is 1.00. The summed E-state index contributed by atoms with van der Waals surface area (Å²) in [5.41, 5.74) is 0. The molecule has 1 aliphatic rings. The van der Waals surface area contributed by atoms with E-state index in [1.165, 1.54) is 19.3 Å². The molecule has 1 atom stereocenters. The number of aliphatic hydroxyl groups is 1. The second-order valence-corrected chi connectivity index (χ2v) is 4.14. The zero-order valence-electron chi connectivity index (χ0n) is 8.21. The van der Waals surface area contributed by atoms with Crippen molar-refractivity contribution in [2.45, 2.75) is 38.1 Å². The second-order valence-electron chi connectivity index (χ2n) is 3.76. The van der Waals surface area contributed by atoms with Crippen LogP contribution in [0, 0.1) is 0 Å². The van der Waals surface area contributed by atoms with Crippen molar-refractivity contribution >= 4 is 11.6 Å². The molecule has 1 heterocycles. The van der Waals surface area contributed by atoms with Crippen LogP contribution in [-0.4, -0.2) is 41.6 Å².